The van der Waals surface area contributed by atoms with Crippen molar-refractivity contribution in [1.82, 2.24) is 0 Å². The topological polar surface area (TPSA) is 93.2 Å². The summed E-state index contributed by atoms with van der Waals surface area (Å²) in [6.07, 6.45) is -6.84. The Morgan fingerprint density at radius 3 is 1.26 bits per heavy atom. The molecule has 3 aromatic rings. The van der Waals surface area contributed by atoms with E-state index in [-0.39, 0.29) is 17.1 Å². The number of carbonyl (C=O) groups excluding carboxylic acids is 4. The lowest BCUT2D eigenvalue weighted by atomic mass is 10.1. The van der Waals surface area contributed by atoms with Crippen molar-refractivity contribution in [3.63, 3.8) is 0 Å². The number of alkyl halides is 6. The molecule has 214 valence electrons. The predicted molar refractivity (Wildman–Crippen MR) is 133 cm³/mol. The smallest absolute Gasteiger partial charge is 0.420 e. The first-order chi connectivity index (χ1) is 19.7. The molecule has 8 nitrogen and oxygen atoms in total. The number of carbonyl (C=O) groups is 4. The van der Waals surface area contributed by atoms with Gasteiger partial charge in [0, 0.05) is 36.4 Å². The van der Waals surface area contributed by atoms with Crippen LogP contribution in [0.5, 0.6) is 23.0 Å². The van der Waals surface area contributed by atoms with Crippen LogP contribution in [0, 0.1) is 0 Å². The van der Waals surface area contributed by atoms with Gasteiger partial charge in [0.25, 0.3) is 23.6 Å². The van der Waals surface area contributed by atoms with Gasteiger partial charge in [0.2, 0.25) is 0 Å². The molecule has 2 aliphatic rings. The van der Waals surface area contributed by atoms with Crippen LogP contribution in [0.1, 0.15) is 11.1 Å². The van der Waals surface area contributed by atoms with Gasteiger partial charge in [-0.3, -0.25) is 19.2 Å². The SMILES string of the molecule is O=C1C=CC(=O)N1c1cccc(Oc2cc(C(F)(F)F)c(Oc3cccc(N4C(=O)C=CC4=O)c3)c(C(F)(F)F)c2)c1. The number of amides is 4. The third-order valence-electron chi connectivity index (χ3n) is 5.90. The zero-order valence-corrected chi connectivity index (χ0v) is 20.7. The first kappa shape index (κ1) is 28.1. The summed E-state index contributed by atoms with van der Waals surface area (Å²) >= 11 is 0. The highest BCUT2D eigenvalue weighted by Crippen LogP contribution is 2.48. The van der Waals surface area contributed by atoms with Crippen LogP contribution in [0.15, 0.2) is 85.0 Å². The minimum Gasteiger partial charge on any atom is -0.457 e. The van der Waals surface area contributed by atoms with E-state index in [1.54, 1.807) is 0 Å². The molecule has 3 aromatic carbocycles. The van der Waals surface area contributed by atoms with Crippen LogP contribution in [-0.2, 0) is 31.5 Å². The number of benzene rings is 3. The van der Waals surface area contributed by atoms with E-state index in [1.807, 2.05) is 0 Å². The average molecular weight is 588 g/mol. The standard InChI is InChI=1S/C28H14F6N2O6/c29-27(30,31)20-13-19(41-17-5-1-3-15(11-17)35-22(37)7-8-23(35)38)14-21(28(32,33)34)26(20)42-18-6-2-4-16(12-18)36-24(39)9-10-25(36)40/h1-14H. The summed E-state index contributed by atoms with van der Waals surface area (Å²) in [6.45, 7) is 0. The Bertz CT molecular complexity index is 1640. The van der Waals surface area contributed by atoms with Crippen LogP contribution in [0.2, 0.25) is 0 Å². The molecule has 14 heteroatoms. The van der Waals surface area contributed by atoms with Crippen molar-refractivity contribution in [1.29, 1.82) is 0 Å². The second-order valence-electron chi connectivity index (χ2n) is 8.73. The van der Waals surface area contributed by atoms with Gasteiger partial charge < -0.3 is 9.47 Å². The fraction of sp³-hybridized carbons (Fsp3) is 0.0714. The summed E-state index contributed by atoms with van der Waals surface area (Å²) in [5.41, 5.74) is -3.83. The molecule has 0 radical (unpaired) electrons. The first-order valence-electron chi connectivity index (χ1n) is 11.7. The van der Waals surface area contributed by atoms with Crippen LogP contribution in [0.4, 0.5) is 37.7 Å². The van der Waals surface area contributed by atoms with E-state index in [1.165, 1.54) is 30.3 Å². The van der Waals surface area contributed by atoms with Crippen LogP contribution in [0.3, 0.4) is 0 Å². The maximum absolute atomic E-state index is 14.1. The van der Waals surface area contributed by atoms with Crippen LogP contribution >= 0.6 is 0 Å². The van der Waals surface area contributed by atoms with Crippen molar-refractivity contribution in [3.8, 4) is 23.0 Å². The number of ether oxygens (including phenoxy) is 2. The Hall–Kier alpha value is -5.40. The second-order valence-corrected chi connectivity index (χ2v) is 8.73. The molecule has 0 spiro atoms. The number of imide groups is 2. The zero-order valence-electron chi connectivity index (χ0n) is 20.7. The Morgan fingerprint density at radius 1 is 0.500 bits per heavy atom. The third-order valence-corrected chi connectivity index (χ3v) is 5.90. The van der Waals surface area contributed by atoms with E-state index in [0.717, 1.165) is 47.4 Å². The predicted octanol–water partition coefficient (Wildman–Crippen LogP) is 6.17. The molecular weight excluding hydrogens is 574 g/mol. The molecule has 2 aliphatic heterocycles. The lowest BCUT2D eigenvalue weighted by Crippen LogP contribution is -2.29. The van der Waals surface area contributed by atoms with Gasteiger partial charge >= 0.3 is 12.4 Å². The van der Waals surface area contributed by atoms with Gasteiger partial charge in [-0.05, 0) is 36.4 Å². The number of halogens is 6. The van der Waals surface area contributed by atoms with Crippen molar-refractivity contribution in [2.24, 2.45) is 0 Å². The molecule has 0 unspecified atom stereocenters. The van der Waals surface area contributed by atoms with E-state index in [4.69, 9.17) is 9.47 Å². The molecule has 0 bridgehead atoms. The van der Waals surface area contributed by atoms with Crippen LogP contribution < -0.4 is 19.3 Å². The highest BCUT2D eigenvalue weighted by atomic mass is 19.4. The van der Waals surface area contributed by atoms with Gasteiger partial charge in [0.05, 0.1) is 11.4 Å². The summed E-state index contributed by atoms with van der Waals surface area (Å²) in [7, 11) is 0. The highest BCUT2D eigenvalue weighted by molar-refractivity contribution is 6.28. The molecule has 0 saturated carbocycles. The molecule has 0 aromatic heterocycles. The zero-order chi connectivity index (χ0) is 30.4. The van der Waals surface area contributed by atoms with Crippen molar-refractivity contribution < 1.29 is 55.0 Å². The number of anilines is 2. The van der Waals surface area contributed by atoms with Gasteiger partial charge in [-0.1, -0.05) is 12.1 Å². The molecule has 4 amide bonds. The Balaban J connectivity index is 1.54. The quantitative estimate of drug-likeness (QED) is 0.253. The summed E-state index contributed by atoms with van der Waals surface area (Å²) in [5.74, 6) is -6.17. The minimum absolute atomic E-state index is 0.0235. The highest BCUT2D eigenvalue weighted by Gasteiger charge is 2.43. The molecule has 0 saturated heterocycles. The number of rotatable bonds is 6. The molecule has 0 aliphatic carbocycles. The van der Waals surface area contributed by atoms with Crippen molar-refractivity contribution >= 4 is 35.0 Å². The number of nitrogens with zero attached hydrogens (tertiary/aromatic N) is 2. The van der Waals surface area contributed by atoms with Crippen LogP contribution in [-0.4, -0.2) is 23.6 Å². The number of hydrogen-bond donors (Lipinski definition) is 0. The summed E-state index contributed by atoms with van der Waals surface area (Å²) < 4.78 is 95.2. The second kappa shape index (κ2) is 10.2. The van der Waals surface area contributed by atoms with E-state index < -0.39 is 64.4 Å². The molecule has 0 fully saturated rings. The molecule has 2 heterocycles. The van der Waals surface area contributed by atoms with E-state index in [0.29, 0.717) is 17.0 Å². The van der Waals surface area contributed by atoms with E-state index >= 15 is 0 Å². The molecule has 0 N–H and O–H groups in total. The number of hydrogen-bond acceptors (Lipinski definition) is 6. The van der Waals surface area contributed by atoms with E-state index in [9.17, 15) is 45.5 Å². The molecule has 5 rings (SSSR count). The fourth-order valence-electron chi connectivity index (χ4n) is 4.13. The van der Waals surface area contributed by atoms with Gasteiger partial charge in [-0.15, -0.1) is 0 Å². The summed E-state index contributed by atoms with van der Waals surface area (Å²) in [4.78, 5) is 49.2. The monoisotopic (exact) mass is 588 g/mol. The average Bonchev–Trinajstić information content (AvgIpc) is 3.43. The maximum Gasteiger partial charge on any atom is 0.420 e. The van der Waals surface area contributed by atoms with Gasteiger partial charge in [-0.25, -0.2) is 9.80 Å². The first-order valence-corrected chi connectivity index (χ1v) is 11.7. The van der Waals surface area contributed by atoms with Gasteiger partial charge in [0.15, 0.2) is 5.75 Å². The largest absolute Gasteiger partial charge is 0.457 e. The van der Waals surface area contributed by atoms with Crippen molar-refractivity contribution in [2.45, 2.75) is 12.4 Å². The maximum atomic E-state index is 14.1. The van der Waals surface area contributed by atoms with E-state index in [2.05, 4.69) is 0 Å². The fourth-order valence-corrected chi connectivity index (χ4v) is 4.13. The van der Waals surface area contributed by atoms with Crippen molar-refractivity contribution in [2.75, 3.05) is 9.80 Å². The lowest BCUT2D eigenvalue weighted by Gasteiger charge is -2.21. The molecule has 0 atom stereocenters. The molecular formula is C28H14F6N2O6. The Morgan fingerprint density at radius 2 is 0.881 bits per heavy atom. The lowest BCUT2D eigenvalue weighted by molar-refractivity contribution is -0.145. The summed E-state index contributed by atoms with van der Waals surface area (Å²) in [5, 5.41) is 0. The molecule has 42 heavy (non-hydrogen) atoms. The third kappa shape index (κ3) is 5.46. The van der Waals surface area contributed by atoms with Gasteiger partial charge in [-0.2, -0.15) is 26.3 Å². The Labute approximate surface area is 231 Å². The van der Waals surface area contributed by atoms with Crippen LogP contribution in [0.25, 0.3) is 0 Å². The minimum atomic E-state index is -5.36. The van der Waals surface area contributed by atoms with Gasteiger partial charge in [0.1, 0.15) is 28.4 Å². The van der Waals surface area contributed by atoms with Crippen molar-refractivity contribution in [3.05, 3.63) is 96.1 Å². The summed E-state index contributed by atoms with van der Waals surface area (Å²) in [6, 6.07) is 9.91. The normalized spacial score (nSPS) is 15.3. The Kier molecular flexibility index (Phi) is 6.84.